The summed E-state index contributed by atoms with van der Waals surface area (Å²) in [6.07, 6.45) is 1.15. The lowest BCUT2D eigenvalue weighted by atomic mass is 10.3. The third-order valence-electron chi connectivity index (χ3n) is 2.12. The Morgan fingerprint density at radius 2 is 2.27 bits per heavy atom. The van der Waals surface area contributed by atoms with Crippen molar-refractivity contribution in [3.8, 4) is 0 Å². The van der Waals surface area contributed by atoms with Crippen LogP contribution in [0.3, 0.4) is 0 Å². The van der Waals surface area contributed by atoms with Crippen LogP contribution < -0.4 is 5.32 Å². The van der Waals surface area contributed by atoms with Crippen LogP contribution in [0, 0.1) is 0 Å². The number of sulfone groups is 1. The first-order chi connectivity index (χ1) is 6.89. The standard InChI is InChI=1S/C9H18N2O3S/c1-11(2)6-9(12)5-10-8-3-4-15(13,14)7-8/h3-4,8-10,12H,5-7H2,1-2H3. The van der Waals surface area contributed by atoms with Gasteiger partial charge in [-0.25, -0.2) is 8.42 Å². The molecule has 15 heavy (non-hydrogen) atoms. The molecule has 6 heteroatoms. The zero-order valence-corrected chi connectivity index (χ0v) is 9.87. The fraction of sp³-hybridized carbons (Fsp3) is 0.778. The van der Waals surface area contributed by atoms with Gasteiger partial charge in [-0.3, -0.25) is 0 Å². The Bertz CT molecular complexity index is 324. The highest BCUT2D eigenvalue weighted by Crippen LogP contribution is 2.07. The van der Waals surface area contributed by atoms with Gasteiger partial charge in [-0.2, -0.15) is 0 Å². The fourth-order valence-corrected chi connectivity index (χ4v) is 2.75. The van der Waals surface area contributed by atoms with Crippen LogP contribution >= 0.6 is 0 Å². The summed E-state index contributed by atoms with van der Waals surface area (Å²) in [6.45, 7) is 0.971. The average molecular weight is 234 g/mol. The minimum atomic E-state index is -3.00. The second-order valence-electron chi connectivity index (χ2n) is 4.09. The number of aliphatic hydroxyl groups is 1. The van der Waals surface area contributed by atoms with Gasteiger partial charge in [0, 0.05) is 24.5 Å². The molecule has 0 saturated heterocycles. The number of nitrogens with zero attached hydrogens (tertiary/aromatic N) is 1. The van der Waals surface area contributed by atoms with E-state index < -0.39 is 15.9 Å². The molecule has 1 heterocycles. The number of aliphatic hydroxyl groups excluding tert-OH is 1. The maximum absolute atomic E-state index is 11.1. The van der Waals surface area contributed by atoms with Crippen molar-refractivity contribution in [1.29, 1.82) is 0 Å². The van der Waals surface area contributed by atoms with Crippen molar-refractivity contribution < 1.29 is 13.5 Å². The minimum Gasteiger partial charge on any atom is -0.390 e. The highest BCUT2D eigenvalue weighted by atomic mass is 32.2. The normalized spacial score (nSPS) is 26.0. The summed E-state index contributed by atoms with van der Waals surface area (Å²) in [5, 5.41) is 13.8. The van der Waals surface area contributed by atoms with Crippen LogP contribution in [-0.2, 0) is 9.84 Å². The topological polar surface area (TPSA) is 69.6 Å². The van der Waals surface area contributed by atoms with E-state index in [0.29, 0.717) is 13.1 Å². The van der Waals surface area contributed by atoms with Crippen LogP contribution in [0.15, 0.2) is 11.5 Å². The Morgan fingerprint density at radius 1 is 1.60 bits per heavy atom. The van der Waals surface area contributed by atoms with Gasteiger partial charge in [0.1, 0.15) is 0 Å². The lowest BCUT2D eigenvalue weighted by Gasteiger charge is -2.18. The molecular weight excluding hydrogens is 216 g/mol. The Labute approximate surface area is 90.7 Å². The molecule has 88 valence electrons. The summed E-state index contributed by atoms with van der Waals surface area (Å²) in [7, 11) is 0.755. The number of likely N-dealkylation sites (N-methyl/N-ethyl adjacent to an activating group) is 1. The van der Waals surface area contributed by atoms with Crippen molar-refractivity contribution in [1.82, 2.24) is 10.2 Å². The van der Waals surface area contributed by atoms with Gasteiger partial charge in [0.15, 0.2) is 9.84 Å². The van der Waals surface area contributed by atoms with E-state index in [4.69, 9.17) is 0 Å². The molecule has 1 rings (SSSR count). The molecule has 1 aliphatic rings. The van der Waals surface area contributed by atoms with Gasteiger partial charge in [0.2, 0.25) is 0 Å². The van der Waals surface area contributed by atoms with Gasteiger partial charge >= 0.3 is 0 Å². The zero-order chi connectivity index (χ0) is 11.5. The van der Waals surface area contributed by atoms with Gasteiger partial charge in [-0.1, -0.05) is 6.08 Å². The molecule has 2 atom stereocenters. The summed E-state index contributed by atoms with van der Waals surface area (Å²) in [5.41, 5.74) is 0. The van der Waals surface area contributed by atoms with Crippen LogP contribution in [0.4, 0.5) is 0 Å². The van der Waals surface area contributed by atoms with E-state index in [1.165, 1.54) is 5.41 Å². The summed E-state index contributed by atoms with van der Waals surface area (Å²) in [6, 6.07) is -0.160. The van der Waals surface area contributed by atoms with Crippen molar-refractivity contribution >= 4 is 9.84 Å². The molecule has 5 nitrogen and oxygen atoms in total. The Balaban J connectivity index is 2.25. The minimum absolute atomic E-state index is 0.0989. The largest absolute Gasteiger partial charge is 0.390 e. The summed E-state index contributed by atoms with van der Waals surface area (Å²) >= 11 is 0. The Morgan fingerprint density at radius 3 is 2.73 bits per heavy atom. The van der Waals surface area contributed by atoms with Gasteiger partial charge in [-0.15, -0.1) is 0 Å². The summed E-state index contributed by atoms with van der Waals surface area (Å²) < 4.78 is 22.1. The molecule has 0 aliphatic carbocycles. The third-order valence-corrected chi connectivity index (χ3v) is 3.52. The molecule has 0 amide bonds. The van der Waals surface area contributed by atoms with Crippen LogP contribution in [0.5, 0.6) is 0 Å². The van der Waals surface area contributed by atoms with Crippen LogP contribution in [0.2, 0.25) is 0 Å². The Hall–Kier alpha value is -0.430. The molecule has 0 saturated carbocycles. The molecule has 0 aromatic carbocycles. The van der Waals surface area contributed by atoms with Crippen molar-refractivity contribution in [3.05, 3.63) is 11.5 Å². The maximum Gasteiger partial charge on any atom is 0.173 e. The van der Waals surface area contributed by atoms with E-state index >= 15 is 0 Å². The second kappa shape index (κ2) is 5.07. The van der Waals surface area contributed by atoms with E-state index in [9.17, 15) is 13.5 Å². The fourth-order valence-electron chi connectivity index (χ4n) is 1.48. The van der Waals surface area contributed by atoms with Crippen molar-refractivity contribution in [2.75, 3.05) is 32.9 Å². The van der Waals surface area contributed by atoms with Crippen molar-refractivity contribution in [2.45, 2.75) is 12.1 Å². The van der Waals surface area contributed by atoms with Crippen LogP contribution in [0.1, 0.15) is 0 Å². The third kappa shape index (κ3) is 4.74. The maximum atomic E-state index is 11.1. The molecular formula is C9H18N2O3S. The predicted molar refractivity (Wildman–Crippen MR) is 59.3 cm³/mol. The van der Waals surface area contributed by atoms with E-state index in [1.807, 2.05) is 19.0 Å². The quantitative estimate of drug-likeness (QED) is 0.626. The van der Waals surface area contributed by atoms with Crippen molar-refractivity contribution in [3.63, 3.8) is 0 Å². The first-order valence-corrected chi connectivity index (χ1v) is 6.58. The van der Waals surface area contributed by atoms with E-state index in [1.54, 1.807) is 6.08 Å². The van der Waals surface area contributed by atoms with E-state index in [-0.39, 0.29) is 11.8 Å². The van der Waals surface area contributed by atoms with E-state index in [0.717, 1.165) is 0 Å². The first-order valence-electron chi connectivity index (χ1n) is 4.86. The van der Waals surface area contributed by atoms with Gasteiger partial charge < -0.3 is 15.3 Å². The van der Waals surface area contributed by atoms with Gasteiger partial charge in [0.25, 0.3) is 0 Å². The predicted octanol–water partition coefficient (Wildman–Crippen LogP) is -1.19. The number of rotatable bonds is 5. The average Bonchev–Trinajstić information content (AvgIpc) is 2.41. The molecule has 0 spiro atoms. The monoisotopic (exact) mass is 234 g/mol. The highest BCUT2D eigenvalue weighted by Gasteiger charge is 2.21. The summed E-state index contributed by atoms with van der Waals surface area (Å²) in [4.78, 5) is 1.88. The molecule has 2 unspecified atom stereocenters. The number of hydrogen-bond donors (Lipinski definition) is 2. The van der Waals surface area contributed by atoms with Crippen LogP contribution in [0.25, 0.3) is 0 Å². The molecule has 0 aromatic heterocycles. The highest BCUT2D eigenvalue weighted by molar-refractivity contribution is 7.94. The second-order valence-corrected chi connectivity index (χ2v) is 6.02. The first kappa shape index (κ1) is 12.6. The number of hydrogen-bond acceptors (Lipinski definition) is 5. The number of nitrogens with one attached hydrogen (secondary N) is 1. The molecule has 0 bridgehead atoms. The zero-order valence-electron chi connectivity index (χ0n) is 9.05. The van der Waals surface area contributed by atoms with E-state index in [2.05, 4.69) is 5.32 Å². The molecule has 1 aliphatic heterocycles. The summed E-state index contributed by atoms with van der Waals surface area (Å²) in [5.74, 6) is 0.0989. The van der Waals surface area contributed by atoms with Crippen LogP contribution in [-0.4, -0.2) is 63.5 Å². The van der Waals surface area contributed by atoms with Gasteiger partial charge in [0.05, 0.1) is 11.9 Å². The van der Waals surface area contributed by atoms with Gasteiger partial charge in [-0.05, 0) is 14.1 Å². The molecule has 0 aromatic rings. The molecule has 0 fully saturated rings. The lowest BCUT2D eigenvalue weighted by molar-refractivity contribution is 0.134. The Kier molecular flexibility index (Phi) is 4.27. The smallest absolute Gasteiger partial charge is 0.173 e. The SMILES string of the molecule is CN(C)CC(O)CNC1C=CS(=O)(=O)C1. The molecule has 2 N–H and O–H groups in total. The van der Waals surface area contributed by atoms with Crippen molar-refractivity contribution in [2.24, 2.45) is 0 Å². The lowest BCUT2D eigenvalue weighted by Crippen LogP contribution is -2.40. The molecule has 0 radical (unpaired) electrons.